The lowest BCUT2D eigenvalue weighted by molar-refractivity contribution is -0.384. The van der Waals surface area contributed by atoms with Crippen LogP contribution in [0.2, 0.25) is 0 Å². The minimum atomic E-state index is -1.34. The normalized spacial score (nSPS) is 15.3. The number of aromatic nitrogens is 1. The van der Waals surface area contributed by atoms with Crippen molar-refractivity contribution in [1.82, 2.24) is 4.57 Å². The van der Waals surface area contributed by atoms with Gasteiger partial charge in [0, 0.05) is 23.1 Å². The van der Waals surface area contributed by atoms with E-state index < -0.39 is 22.1 Å². The van der Waals surface area contributed by atoms with Crippen molar-refractivity contribution in [3.8, 4) is 11.1 Å². The summed E-state index contributed by atoms with van der Waals surface area (Å²) in [5, 5.41) is 20.4. The fourth-order valence-corrected chi connectivity index (χ4v) is 4.37. The third-order valence-corrected chi connectivity index (χ3v) is 5.67. The van der Waals surface area contributed by atoms with Gasteiger partial charge in [-0.3, -0.25) is 14.9 Å². The first-order chi connectivity index (χ1) is 12.8. The van der Waals surface area contributed by atoms with Gasteiger partial charge in [0.1, 0.15) is 11.4 Å². The number of pyridine rings is 1. The summed E-state index contributed by atoms with van der Waals surface area (Å²) in [5.41, 5.74) is -0.162. The number of halogens is 1. The van der Waals surface area contributed by atoms with Crippen molar-refractivity contribution >= 4 is 34.3 Å². The van der Waals surface area contributed by atoms with Gasteiger partial charge in [-0.15, -0.1) is 0 Å². The molecule has 1 aliphatic rings. The van der Waals surface area contributed by atoms with Crippen LogP contribution in [0.3, 0.4) is 0 Å². The van der Waals surface area contributed by atoms with Gasteiger partial charge >= 0.3 is 5.97 Å². The summed E-state index contributed by atoms with van der Waals surface area (Å²) in [5.74, 6) is -2.05. The molecule has 27 heavy (non-hydrogen) atoms. The molecule has 7 nitrogen and oxygen atoms in total. The van der Waals surface area contributed by atoms with Crippen LogP contribution in [0.1, 0.15) is 22.7 Å². The highest BCUT2D eigenvalue weighted by atomic mass is 32.2. The SMILES string of the molecule is CC1Sc2c(C(=O)O)c(=O)c3cc(F)c(-c4ccc([N+](=O)[O-])cc4)cc3n21. The number of rotatable bonds is 3. The zero-order chi connectivity index (χ0) is 19.5. The van der Waals surface area contributed by atoms with Crippen LogP contribution in [-0.2, 0) is 0 Å². The number of hydrogen-bond acceptors (Lipinski definition) is 5. The Hall–Kier alpha value is -3.20. The van der Waals surface area contributed by atoms with Crippen LogP contribution >= 0.6 is 11.8 Å². The summed E-state index contributed by atoms with van der Waals surface area (Å²) in [4.78, 5) is 34.3. The number of nitro groups is 1. The van der Waals surface area contributed by atoms with Gasteiger partial charge in [0.2, 0.25) is 5.43 Å². The van der Waals surface area contributed by atoms with E-state index in [0.29, 0.717) is 16.1 Å². The summed E-state index contributed by atoms with van der Waals surface area (Å²) >= 11 is 1.26. The number of carboxylic acid groups (broad SMARTS) is 1. The largest absolute Gasteiger partial charge is 0.477 e. The quantitative estimate of drug-likeness (QED) is 0.538. The van der Waals surface area contributed by atoms with Crippen molar-refractivity contribution in [1.29, 1.82) is 0 Å². The molecule has 0 aliphatic carbocycles. The maximum absolute atomic E-state index is 14.7. The molecule has 1 aromatic heterocycles. The Morgan fingerprint density at radius 3 is 2.52 bits per heavy atom. The van der Waals surface area contributed by atoms with Crippen molar-refractivity contribution < 1.29 is 19.2 Å². The van der Waals surface area contributed by atoms with E-state index in [4.69, 9.17) is 0 Å². The minimum absolute atomic E-state index is 0.00791. The van der Waals surface area contributed by atoms with Crippen LogP contribution < -0.4 is 5.43 Å². The molecule has 4 rings (SSSR count). The molecule has 0 amide bonds. The highest BCUT2D eigenvalue weighted by molar-refractivity contribution is 8.00. The number of aromatic carboxylic acids is 1. The number of thioether (sulfide) groups is 1. The lowest BCUT2D eigenvalue weighted by atomic mass is 10.0. The van der Waals surface area contributed by atoms with E-state index in [1.54, 1.807) is 4.57 Å². The fraction of sp³-hybridized carbons (Fsp3) is 0.111. The van der Waals surface area contributed by atoms with E-state index >= 15 is 0 Å². The molecular weight excluding hydrogens is 375 g/mol. The summed E-state index contributed by atoms with van der Waals surface area (Å²) in [6, 6.07) is 7.93. The van der Waals surface area contributed by atoms with Crippen LogP contribution in [-0.4, -0.2) is 20.6 Å². The number of carbonyl (C=O) groups is 1. The average molecular weight is 386 g/mol. The van der Waals surface area contributed by atoms with E-state index in [1.165, 1.54) is 42.1 Å². The second kappa shape index (κ2) is 5.92. The Balaban J connectivity index is 1.99. The van der Waals surface area contributed by atoms with Gasteiger partial charge in [0.05, 0.1) is 20.8 Å². The van der Waals surface area contributed by atoms with Gasteiger partial charge in [0.25, 0.3) is 5.69 Å². The van der Waals surface area contributed by atoms with Crippen LogP contribution in [0.15, 0.2) is 46.2 Å². The Labute approximate surface area is 155 Å². The van der Waals surface area contributed by atoms with Crippen molar-refractivity contribution in [2.24, 2.45) is 0 Å². The van der Waals surface area contributed by atoms with Gasteiger partial charge in [-0.1, -0.05) is 11.8 Å². The molecule has 0 radical (unpaired) electrons. The lowest BCUT2D eigenvalue weighted by Gasteiger charge is -2.32. The molecular formula is C18H11FN2O5S. The molecule has 0 saturated heterocycles. The van der Waals surface area contributed by atoms with E-state index in [1.807, 2.05) is 6.92 Å². The van der Waals surface area contributed by atoms with Crippen LogP contribution in [0.25, 0.3) is 22.0 Å². The summed E-state index contributed by atoms with van der Waals surface area (Å²) < 4.78 is 16.4. The number of non-ortho nitro benzene ring substituents is 1. The van der Waals surface area contributed by atoms with Gasteiger partial charge < -0.3 is 9.67 Å². The molecule has 2 aromatic carbocycles. The highest BCUT2D eigenvalue weighted by Crippen LogP contribution is 2.46. The maximum Gasteiger partial charge on any atom is 0.342 e. The Kier molecular flexibility index (Phi) is 3.77. The molecule has 136 valence electrons. The van der Waals surface area contributed by atoms with Gasteiger partial charge in [-0.05, 0) is 36.8 Å². The Bertz CT molecular complexity index is 1200. The molecule has 1 aliphatic heterocycles. The third-order valence-electron chi connectivity index (χ3n) is 4.50. The first-order valence-corrected chi connectivity index (χ1v) is 8.74. The topological polar surface area (TPSA) is 102 Å². The number of hydrogen-bond donors (Lipinski definition) is 1. The summed E-state index contributed by atoms with van der Waals surface area (Å²) in [7, 11) is 0. The first kappa shape index (κ1) is 17.2. The van der Waals surface area contributed by atoms with Gasteiger partial charge in [0.15, 0.2) is 0 Å². The highest BCUT2D eigenvalue weighted by Gasteiger charge is 2.33. The molecule has 1 atom stereocenters. The third kappa shape index (κ3) is 2.50. The number of carboxylic acids is 1. The Morgan fingerprint density at radius 2 is 1.96 bits per heavy atom. The van der Waals surface area contributed by atoms with Crippen LogP contribution in [0, 0.1) is 15.9 Å². The van der Waals surface area contributed by atoms with E-state index in [2.05, 4.69) is 0 Å². The van der Waals surface area contributed by atoms with Crippen LogP contribution in [0.4, 0.5) is 10.1 Å². The van der Waals surface area contributed by atoms with Crippen molar-refractivity contribution in [3.63, 3.8) is 0 Å². The predicted octanol–water partition coefficient (Wildman–Crippen LogP) is 4.04. The van der Waals surface area contributed by atoms with Crippen molar-refractivity contribution in [3.05, 3.63) is 68.1 Å². The fourth-order valence-electron chi connectivity index (χ4n) is 3.22. The summed E-state index contributed by atoms with van der Waals surface area (Å²) in [6.45, 7) is 1.85. The van der Waals surface area contributed by atoms with Gasteiger partial charge in [-0.2, -0.15) is 0 Å². The maximum atomic E-state index is 14.7. The molecule has 1 N–H and O–H groups in total. The zero-order valence-corrected chi connectivity index (χ0v) is 14.6. The van der Waals surface area contributed by atoms with E-state index in [-0.39, 0.29) is 27.6 Å². The molecule has 0 spiro atoms. The number of benzene rings is 2. The second-order valence-electron chi connectivity index (χ2n) is 6.05. The molecule has 3 aromatic rings. The molecule has 9 heteroatoms. The van der Waals surface area contributed by atoms with Crippen LogP contribution in [0.5, 0.6) is 0 Å². The standard InChI is InChI=1S/C18H11FN2O5S/c1-8-20-14-7-11(9-2-4-10(5-3-9)21(25)26)13(19)6-12(14)16(22)15(18(23)24)17(20)27-8/h2-8H,1H3,(H,23,24). The predicted molar refractivity (Wildman–Crippen MR) is 97.8 cm³/mol. The van der Waals surface area contributed by atoms with Crippen molar-refractivity contribution in [2.45, 2.75) is 17.3 Å². The number of nitrogens with zero attached hydrogens (tertiary/aromatic N) is 2. The monoisotopic (exact) mass is 386 g/mol. The lowest BCUT2D eigenvalue weighted by Crippen LogP contribution is -2.28. The average Bonchev–Trinajstić information content (AvgIpc) is 2.61. The molecule has 0 fully saturated rings. The van der Waals surface area contributed by atoms with E-state index in [0.717, 1.165) is 6.07 Å². The van der Waals surface area contributed by atoms with Gasteiger partial charge in [-0.25, -0.2) is 9.18 Å². The molecule has 1 unspecified atom stereocenters. The van der Waals surface area contributed by atoms with E-state index in [9.17, 15) is 29.2 Å². The Morgan fingerprint density at radius 1 is 1.30 bits per heavy atom. The molecule has 0 saturated carbocycles. The summed E-state index contributed by atoms with van der Waals surface area (Å²) in [6.07, 6.45) is 0. The zero-order valence-electron chi connectivity index (χ0n) is 13.8. The minimum Gasteiger partial charge on any atom is -0.477 e. The molecule has 2 heterocycles. The van der Waals surface area contributed by atoms with Crippen molar-refractivity contribution in [2.75, 3.05) is 0 Å². The second-order valence-corrected chi connectivity index (χ2v) is 7.36. The number of nitro benzene ring substituents is 1. The smallest absolute Gasteiger partial charge is 0.342 e. The molecule has 0 bridgehead atoms. The number of fused-ring (bicyclic) bond motifs is 3. The first-order valence-electron chi connectivity index (χ1n) is 7.86.